The average molecular weight is 293 g/mol. The maximum absolute atomic E-state index is 12.1. The summed E-state index contributed by atoms with van der Waals surface area (Å²) in [6.45, 7) is 1.75. The molecule has 2 fully saturated rings. The van der Waals surface area contributed by atoms with Crippen LogP contribution in [-0.2, 0) is 4.79 Å². The number of nitrogens with zero attached hydrogens (tertiary/aromatic N) is 3. The lowest BCUT2D eigenvalue weighted by molar-refractivity contribution is -0.129. The summed E-state index contributed by atoms with van der Waals surface area (Å²) in [5, 5.41) is 0.808. The topological polar surface area (TPSA) is 62.1 Å². The van der Waals surface area contributed by atoms with E-state index in [9.17, 15) is 9.59 Å². The lowest BCUT2D eigenvalue weighted by Gasteiger charge is -2.27. The quantitative estimate of drug-likeness (QED) is 0.786. The van der Waals surface area contributed by atoms with E-state index in [2.05, 4.69) is 9.98 Å². The zero-order chi connectivity index (χ0) is 13.9. The summed E-state index contributed by atoms with van der Waals surface area (Å²) in [6.07, 6.45) is 6.41. The molecule has 2 heterocycles. The second kappa shape index (κ2) is 6.08. The van der Waals surface area contributed by atoms with Crippen LogP contribution >= 0.6 is 11.8 Å². The van der Waals surface area contributed by atoms with Crippen molar-refractivity contribution in [2.45, 2.75) is 38.5 Å². The third-order valence-corrected chi connectivity index (χ3v) is 5.19. The summed E-state index contributed by atoms with van der Waals surface area (Å²) in [6, 6.07) is -0.397. The van der Waals surface area contributed by atoms with Crippen LogP contribution in [-0.4, -0.2) is 46.4 Å². The summed E-state index contributed by atoms with van der Waals surface area (Å²) in [4.78, 5) is 33.6. The van der Waals surface area contributed by atoms with Crippen molar-refractivity contribution in [3.05, 3.63) is 0 Å². The predicted molar refractivity (Wildman–Crippen MR) is 80.5 cm³/mol. The number of likely N-dealkylation sites (tertiary alicyclic amines) is 1. The van der Waals surface area contributed by atoms with Gasteiger partial charge in [0, 0.05) is 24.7 Å². The van der Waals surface area contributed by atoms with Gasteiger partial charge in [0.05, 0.1) is 10.8 Å². The summed E-state index contributed by atoms with van der Waals surface area (Å²) >= 11 is 1.44. The molecule has 1 atom stereocenters. The van der Waals surface area contributed by atoms with E-state index in [0.29, 0.717) is 5.75 Å². The number of hydrogen-bond acceptors (Lipinski definition) is 3. The number of carbonyl (C=O) groups is 2. The van der Waals surface area contributed by atoms with E-state index in [-0.39, 0.29) is 11.8 Å². The SMILES string of the molecule is O=C1N=C2CCCC2C(SCC(=O)N2CCCCC2)=N1. The van der Waals surface area contributed by atoms with E-state index >= 15 is 0 Å². The number of fused-ring (bicyclic) bond motifs is 1. The van der Waals surface area contributed by atoms with Crippen molar-refractivity contribution in [2.75, 3.05) is 18.8 Å². The molecule has 1 saturated carbocycles. The molecule has 1 saturated heterocycles. The summed E-state index contributed by atoms with van der Waals surface area (Å²) < 4.78 is 0. The lowest BCUT2D eigenvalue weighted by Crippen LogP contribution is -2.37. The second-order valence-corrected chi connectivity index (χ2v) is 6.51. The van der Waals surface area contributed by atoms with Gasteiger partial charge in [0.2, 0.25) is 5.91 Å². The fraction of sp³-hybridized carbons (Fsp3) is 0.714. The van der Waals surface area contributed by atoms with Gasteiger partial charge >= 0.3 is 6.03 Å². The summed E-state index contributed by atoms with van der Waals surface area (Å²) in [5.41, 5.74) is 0.970. The molecular formula is C14H19N3O2S. The van der Waals surface area contributed by atoms with Gasteiger partial charge in [-0.2, -0.15) is 4.99 Å². The molecule has 6 heteroatoms. The molecule has 3 aliphatic rings. The van der Waals surface area contributed by atoms with Crippen LogP contribution in [0.1, 0.15) is 38.5 Å². The Balaban J connectivity index is 1.57. The third-order valence-electron chi connectivity index (χ3n) is 4.12. The van der Waals surface area contributed by atoms with Gasteiger partial charge in [0.25, 0.3) is 0 Å². The van der Waals surface area contributed by atoms with Crippen LogP contribution in [0.5, 0.6) is 0 Å². The van der Waals surface area contributed by atoms with Gasteiger partial charge in [0.15, 0.2) is 0 Å². The first-order valence-corrected chi connectivity index (χ1v) is 8.33. The molecule has 0 spiro atoms. The minimum absolute atomic E-state index is 0.173. The van der Waals surface area contributed by atoms with Crippen LogP contribution in [0.3, 0.4) is 0 Å². The predicted octanol–water partition coefficient (Wildman–Crippen LogP) is 2.51. The van der Waals surface area contributed by atoms with Gasteiger partial charge in [-0.15, -0.1) is 0 Å². The minimum Gasteiger partial charge on any atom is -0.342 e. The zero-order valence-corrected chi connectivity index (χ0v) is 12.3. The van der Waals surface area contributed by atoms with E-state index in [4.69, 9.17) is 0 Å². The van der Waals surface area contributed by atoms with Gasteiger partial charge in [-0.05, 0) is 38.5 Å². The summed E-state index contributed by atoms with van der Waals surface area (Å²) in [7, 11) is 0. The Morgan fingerprint density at radius 3 is 2.80 bits per heavy atom. The van der Waals surface area contributed by atoms with E-state index < -0.39 is 6.03 Å². The highest BCUT2D eigenvalue weighted by atomic mass is 32.2. The van der Waals surface area contributed by atoms with Crippen molar-refractivity contribution in [3.8, 4) is 0 Å². The fourth-order valence-electron chi connectivity index (χ4n) is 3.05. The Kier molecular flexibility index (Phi) is 4.19. The molecule has 0 aromatic carbocycles. The standard InChI is InChI=1S/C14H19N3O2S/c18-12(17-7-2-1-3-8-17)9-20-13-10-5-4-6-11(10)15-14(19)16-13/h10H,1-9H2. The molecule has 0 aromatic heterocycles. The van der Waals surface area contributed by atoms with Crippen molar-refractivity contribution in [1.82, 2.24) is 4.90 Å². The molecule has 1 unspecified atom stereocenters. The highest BCUT2D eigenvalue weighted by Gasteiger charge is 2.32. The smallest absolute Gasteiger partial charge is 0.342 e. The number of thioether (sulfide) groups is 1. The molecule has 0 aromatic rings. The van der Waals surface area contributed by atoms with Crippen LogP contribution in [0.15, 0.2) is 9.98 Å². The Labute approximate surface area is 122 Å². The van der Waals surface area contributed by atoms with Crippen LogP contribution in [0, 0.1) is 5.92 Å². The Morgan fingerprint density at radius 1 is 1.20 bits per heavy atom. The minimum atomic E-state index is -0.397. The Bertz CT molecular complexity index is 481. The zero-order valence-electron chi connectivity index (χ0n) is 11.5. The molecule has 2 aliphatic heterocycles. The lowest BCUT2D eigenvalue weighted by atomic mass is 10.1. The highest BCUT2D eigenvalue weighted by molar-refractivity contribution is 8.14. The molecule has 3 rings (SSSR count). The van der Waals surface area contributed by atoms with E-state index in [0.717, 1.165) is 55.9 Å². The number of hydrogen-bond donors (Lipinski definition) is 0. The van der Waals surface area contributed by atoms with Crippen molar-refractivity contribution < 1.29 is 9.59 Å². The van der Waals surface area contributed by atoms with Gasteiger partial charge in [0.1, 0.15) is 0 Å². The van der Waals surface area contributed by atoms with Gasteiger partial charge < -0.3 is 4.90 Å². The first-order valence-electron chi connectivity index (χ1n) is 7.34. The number of rotatable bonds is 2. The highest BCUT2D eigenvalue weighted by Crippen LogP contribution is 2.31. The Hall–Kier alpha value is -1.17. The summed E-state index contributed by atoms with van der Waals surface area (Å²) in [5.74, 6) is 0.773. The van der Waals surface area contributed by atoms with E-state index in [1.807, 2.05) is 4.90 Å². The third kappa shape index (κ3) is 2.95. The normalized spacial score (nSPS) is 26.1. The van der Waals surface area contributed by atoms with Gasteiger partial charge in [-0.25, -0.2) is 9.79 Å². The van der Waals surface area contributed by atoms with Crippen LogP contribution in [0.25, 0.3) is 0 Å². The van der Waals surface area contributed by atoms with E-state index in [1.165, 1.54) is 18.2 Å². The van der Waals surface area contributed by atoms with Crippen LogP contribution in [0.4, 0.5) is 4.79 Å². The molecule has 0 radical (unpaired) electrons. The van der Waals surface area contributed by atoms with E-state index in [1.54, 1.807) is 0 Å². The molecule has 20 heavy (non-hydrogen) atoms. The monoisotopic (exact) mass is 293 g/mol. The number of piperidine rings is 1. The van der Waals surface area contributed by atoms with Gasteiger partial charge in [-0.3, -0.25) is 4.79 Å². The van der Waals surface area contributed by atoms with Crippen molar-refractivity contribution in [2.24, 2.45) is 15.9 Å². The maximum atomic E-state index is 12.1. The molecule has 5 nitrogen and oxygen atoms in total. The van der Waals surface area contributed by atoms with Crippen LogP contribution < -0.4 is 0 Å². The first-order chi connectivity index (χ1) is 9.74. The molecule has 0 bridgehead atoms. The van der Waals surface area contributed by atoms with Crippen LogP contribution in [0.2, 0.25) is 0 Å². The van der Waals surface area contributed by atoms with Crippen molar-refractivity contribution in [3.63, 3.8) is 0 Å². The van der Waals surface area contributed by atoms with Crippen molar-refractivity contribution >= 4 is 34.5 Å². The number of carbonyl (C=O) groups excluding carboxylic acids is 2. The number of urea groups is 1. The molecule has 108 valence electrons. The van der Waals surface area contributed by atoms with Crippen molar-refractivity contribution in [1.29, 1.82) is 0 Å². The van der Waals surface area contributed by atoms with Gasteiger partial charge in [-0.1, -0.05) is 11.8 Å². The molecular weight excluding hydrogens is 274 g/mol. The average Bonchev–Trinajstić information content (AvgIpc) is 2.93. The second-order valence-electron chi connectivity index (χ2n) is 5.51. The molecule has 1 aliphatic carbocycles. The molecule has 0 N–H and O–H groups in total. The Morgan fingerprint density at radius 2 is 2.00 bits per heavy atom. The molecule has 3 amide bonds. The first kappa shape index (κ1) is 13.8. The maximum Gasteiger partial charge on any atom is 0.367 e. The largest absolute Gasteiger partial charge is 0.367 e. The number of aliphatic imine (C=N–C) groups is 2. The fourth-order valence-corrected chi connectivity index (χ4v) is 4.10. The number of amides is 3.